The van der Waals surface area contributed by atoms with Crippen LogP contribution < -0.4 is 0 Å². The van der Waals surface area contributed by atoms with Crippen LogP contribution in [-0.4, -0.2) is 46.4 Å². The van der Waals surface area contributed by atoms with E-state index < -0.39 is 0 Å². The molecule has 2 aliphatic heterocycles. The summed E-state index contributed by atoms with van der Waals surface area (Å²) in [6.07, 6.45) is 7.52. The third-order valence-corrected chi connectivity index (χ3v) is 6.33. The van der Waals surface area contributed by atoms with E-state index in [4.69, 9.17) is 0 Å². The van der Waals surface area contributed by atoms with Crippen molar-refractivity contribution in [3.8, 4) is 0 Å². The van der Waals surface area contributed by atoms with E-state index >= 15 is 0 Å². The average molecular weight is 364 g/mol. The quantitative estimate of drug-likeness (QED) is 0.832. The SMILES string of the molecule is CC1(c2ccccc2)CCC(=O)N(C2CCN(Cc3cccnc3)CC2)C1. The largest absolute Gasteiger partial charge is 0.339 e. The molecule has 0 radical (unpaired) electrons. The van der Waals surface area contributed by atoms with Gasteiger partial charge in [0.25, 0.3) is 0 Å². The second-order valence-electron chi connectivity index (χ2n) is 8.32. The lowest BCUT2D eigenvalue weighted by atomic mass is 9.75. The zero-order chi connectivity index (χ0) is 18.7. The highest BCUT2D eigenvalue weighted by Crippen LogP contribution is 2.36. The van der Waals surface area contributed by atoms with E-state index in [0.29, 0.717) is 18.4 Å². The van der Waals surface area contributed by atoms with Crippen molar-refractivity contribution in [3.05, 3.63) is 66.0 Å². The van der Waals surface area contributed by atoms with Crippen molar-refractivity contribution in [1.82, 2.24) is 14.8 Å². The summed E-state index contributed by atoms with van der Waals surface area (Å²) in [5, 5.41) is 0. The number of carbonyl (C=O) groups is 1. The Morgan fingerprint density at radius 3 is 2.59 bits per heavy atom. The second-order valence-corrected chi connectivity index (χ2v) is 8.32. The van der Waals surface area contributed by atoms with E-state index in [0.717, 1.165) is 45.4 Å². The van der Waals surface area contributed by atoms with Gasteiger partial charge in [0.2, 0.25) is 5.91 Å². The van der Waals surface area contributed by atoms with Crippen molar-refractivity contribution < 1.29 is 4.79 Å². The zero-order valence-electron chi connectivity index (χ0n) is 16.2. The van der Waals surface area contributed by atoms with E-state index in [-0.39, 0.29) is 5.41 Å². The van der Waals surface area contributed by atoms with Crippen molar-refractivity contribution in [2.45, 2.75) is 50.6 Å². The Labute approximate surface area is 162 Å². The fraction of sp³-hybridized carbons (Fsp3) is 0.478. The van der Waals surface area contributed by atoms with E-state index in [1.54, 1.807) is 0 Å². The highest BCUT2D eigenvalue weighted by atomic mass is 16.2. The smallest absolute Gasteiger partial charge is 0.222 e. The van der Waals surface area contributed by atoms with Crippen LogP contribution in [0.4, 0.5) is 0 Å². The molecule has 1 unspecified atom stereocenters. The molecule has 0 saturated carbocycles. The minimum atomic E-state index is 0.0714. The predicted molar refractivity (Wildman–Crippen MR) is 107 cm³/mol. The third kappa shape index (κ3) is 4.06. The first-order valence-corrected chi connectivity index (χ1v) is 10.1. The molecule has 0 N–H and O–H groups in total. The third-order valence-electron chi connectivity index (χ3n) is 6.33. The molecule has 0 aliphatic carbocycles. The molecule has 1 aromatic heterocycles. The lowest BCUT2D eigenvalue weighted by Crippen LogP contribution is -2.54. The van der Waals surface area contributed by atoms with Gasteiger partial charge in [0, 0.05) is 56.5 Å². The molecule has 1 aromatic carbocycles. The Balaban J connectivity index is 1.39. The Bertz CT molecular complexity index is 756. The minimum absolute atomic E-state index is 0.0714. The van der Waals surface area contributed by atoms with E-state index in [1.165, 1.54) is 11.1 Å². The summed E-state index contributed by atoms with van der Waals surface area (Å²) in [4.78, 5) is 21.6. The number of carbonyl (C=O) groups excluding carboxylic acids is 1. The number of piperidine rings is 2. The summed E-state index contributed by atoms with van der Waals surface area (Å²) >= 11 is 0. The molecule has 2 aliphatic rings. The highest BCUT2D eigenvalue weighted by molar-refractivity contribution is 5.78. The number of pyridine rings is 1. The minimum Gasteiger partial charge on any atom is -0.339 e. The van der Waals surface area contributed by atoms with Gasteiger partial charge >= 0.3 is 0 Å². The maximum Gasteiger partial charge on any atom is 0.222 e. The van der Waals surface area contributed by atoms with Crippen LogP contribution in [0.1, 0.15) is 43.7 Å². The average Bonchev–Trinajstić information content (AvgIpc) is 2.72. The normalized spacial score (nSPS) is 24.9. The maximum absolute atomic E-state index is 12.7. The van der Waals surface area contributed by atoms with Gasteiger partial charge in [-0.1, -0.05) is 43.3 Å². The zero-order valence-corrected chi connectivity index (χ0v) is 16.2. The summed E-state index contributed by atoms with van der Waals surface area (Å²) < 4.78 is 0. The second kappa shape index (κ2) is 7.81. The van der Waals surface area contributed by atoms with Crippen LogP contribution in [0.2, 0.25) is 0 Å². The van der Waals surface area contributed by atoms with Gasteiger partial charge in [0.05, 0.1) is 0 Å². The van der Waals surface area contributed by atoms with Gasteiger partial charge < -0.3 is 4.90 Å². The number of rotatable bonds is 4. The van der Waals surface area contributed by atoms with Crippen LogP contribution in [0.25, 0.3) is 0 Å². The first kappa shape index (κ1) is 18.2. The number of hydrogen-bond donors (Lipinski definition) is 0. The molecule has 1 atom stereocenters. The Kier molecular flexibility index (Phi) is 5.26. The summed E-state index contributed by atoms with van der Waals surface area (Å²) in [6, 6.07) is 15.2. The number of nitrogens with zero attached hydrogens (tertiary/aromatic N) is 3. The molecular formula is C23H29N3O. The molecule has 4 nitrogen and oxygen atoms in total. The summed E-state index contributed by atoms with van der Waals surface area (Å²) in [5.74, 6) is 0.342. The molecule has 1 amide bonds. The fourth-order valence-corrected chi connectivity index (χ4v) is 4.62. The molecule has 3 heterocycles. The maximum atomic E-state index is 12.7. The van der Waals surface area contributed by atoms with Crippen molar-refractivity contribution in [2.75, 3.05) is 19.6 Å². The van der Waals surface area contributed by atoms with E-state index in [9.17, 15) is 4.79 Å². The van der Waals surface area contributed by atoms with Gasteiger partial charge in [-0.15, -0.1) is 0 Å². The van der Waals surface area contributed by atoms with Crippen molar-refractivity contribution in [2.24, 2.45) is 0 Å². The Morgan fingerprint density at radius 1 is 1.11 bits per heavy atom. The molecule has 142 valence electrons. The van der Waals surface area contributed by atoms with Crippen LogP contribution in [0.15, 0.2) is 54.9 Å². The number of likely N-dealkylation sites (tertiary alicyclic amines) is 2. The number of aromatic nitrogens is 1. The standard InChI is InChI=1S/C23H29N3O/c1-23(20-7-3-2-4-8-20)12-9-22(27)26(18-23)21-10-14-25(15-11-21)17-19-6-5-13-24-16-19/h2-8,13,16,21H,9-12,14-15,17-18H2,1H3. The van der Waals surface area contributed by atoms with Gasteiger partial charge in [0.1, 0.15) is 0 Å². The number of amides is 1. The van der Waals surface area contributed by atoms with Crippen molar-refractivity contribution in [1.29, 1.82) is 0 Å². The topological polar surface area (TPSA) is 36.4 Å². The van der Waals surface area contributed by atoms with Gasteiger partial charge in [-0.25, -0.2) is 0 Å². The van der Waals surface area contributed by atoms with Gasteiger partial charge in [-0.05, 0) is 36.5 Å². The molecule has 27 heavy (non-hydrogen) atoms. The molecule has 2 saturated heterocycles. The van der Waals surface area contributed by atoms with Gasteiger partial charge in [-0.2, -0.15) is 0 Å². The predicted octanol–water partition coefficient (Wildman–Crippen LogP) is 3.63. The Hall–Kier alpha value is -2.20. The highest BCUT2D eigenvalue weighted by Gasteiger charge is 2.39. The first-order valence-electron chi connectivity index (χ1n) is 10.1. The molecule has 4 rings (SSSR count). The lowest BCUT2D eigenvalue weighted by Gasteiger charge is -2.46. The Morgan fingerprint density at radius 2 is 1.89 bits per heavy atom. The molecular weight excluding hydrogens is 334 g/mol. The monoisotopic (exact) mass is 363 g/mol. The van der Waals surface area contributed by atoms with Gasteiger partial charge in [-0.3, -0.25) is 14.7 Å². The van der Waals surface area contributed by atoms with Crippen LogP contribution in [-0.2, 0) is 16.8 Å². The summed E-state index contributed by atoms with van der Waals surface area (Å²) in [7, 11) is 0. The van der Waals surface area contributed by atoms with Crippen LogP contribution in [0.3, 0.4) is 0 Å². The van der Waals surface area contributed by atoms with Crippen LogP contribution in [0.5, 0.6) is 0 Å². The first-order chi connectivity index (χ1) is 13.1. The van der Waals surface area contributed by atoms with Crippen LogP contribution in [0, 0.1) is 0 Å². The number of benzene rings is 1. The molecule has 2 aromatic rings. The fourth-order valence-electron chi connectivity index (χ4n) is 4.62. The number of hydrogen-bond acceptors (Lipinski definition) is 3. The molecule has 0 spiro atoms. The van der Waals surface area contributed by atoms with E-state index in [2.05, 4.69) is 58.1 Å². The van der Waals surface area contributed by atoms with Crippen molar-refractivity contribution >= 4 is 5.91 Å². The van der Waals surface area contributed by atoms with Crippen LogP contribution >= 0.6 is 0 Å². The summed E-state index contributed by atoms with van der Waals surface area (Å²) in [5.41, 5.74) is 2.69. The molecule has 4 heteroatoms. The summed E-state index contributed by atoms with van der Waals surface area (Å²) in [6.45, 7) is 6.22. The molecule has 0 bridgehead atoms. The van der Waals surface area contributed by atoms with Gasteiger partial charge in [0.15, 0.2) is 0 Å². The van der Waals surface area contributed by atoms with Crippen molar-refractivity contribution in [3.63, 3.8) is 0 Å². The molecule has 2 fully saturated rings. The van der Waals surface area contributed by atoms with E-state index in [1.807, 2.05) is 18.5 Å². The lowest BCUT2D eigenvalue weighted by molar-refractivity contribution is -0.139.